The molecule has 0 saturated carbocycles. The summed E-state index contributed by atoms with van der Waals surface area (Å²) in [5.74, 6) is -1.99. The molecule has 8 nitrogen and oxygen atoms in total. The lowest BCUT2D eigenvalue weighted by Crippen LogP contribution is -2.24. The molecule has 0 spiro atoms. The zero-order valence-corrected chi connectivity index (χ0v) is 22.2. The van der Waals surface area contributed by atoms with Crippen LogP contribution in [0.2, 0.25) is 0 Å². The van der Waals surface area contributed by atoms with Crippen molar-refractivity contribution < 1.29 is 8.78 Å². The second-order valence-electron chi connectivity index (χ2n) is 9.61. The lowest BCUT2D eigenvalue weighted by Gasteiger charge is -2.15. The van der Waals surface area contributed by atoms with E-state index >= 15 is 0 Å². The molecule has 5 aromatic heterocycles. The van der Waals surface area contributed by atoms with E-state index in [0.717, 1.165) is 49.9 Å². The summed E-state index contributed by atoms with van der Waals surface area (Å²) in [4.78, 5) is 23.2. The number of nitrogens with zero attached hydrogens (tertiary/aromatic N) is 6. The Bertz CT molecular complexity index is 1780. The van der Waals surface area contributed by atoms with Crippen molar-refractivity contribution in [2.45, 2.75) is 32.7 Å². The van der Waals surface area contributed by atoms with Crippen LogP contribution < -0.4 is 0 Å². The molecule has 7 rings (SSSR count). The summed E-state index contributed by atoms with van der Waals surface area (Å²) in [6.07, 6.45) is 8.68. The number of aromatic amines is 2. The number of hydrogen-bond donors (Lipinski definition) is 2. The van der Waals surface area contributed by atoms with Crippen molar-refractivity contribution in [3.63, 3.8) is 0 Å². The molecule has 1 fully saturated rings. The second-order valence-corrected chi connectivity index (χ2v) is 9.61. The number of benzene rings is 1. The summed E-state index contributed by atoms with van der Waals surface area (Å²) < 4.78 is 27.3. The Balaban J connectivity index is 0.00000142. The smallest absolute Gasteiger partial charge is 0.261 e. The fraction of sp³-hybridized carbons (Fsp3) is 0.233. The van der Waals surface area contributed by atoms with Crippen molar-refractivity contribution in [3.8, 4) is 33.9 Å². The Morgan fingerprint density at radius 3 is 2.62 bits per heavy atom. The Hall–Kier alpha value is -4.57. The Morgan fingerprint density at radius 1 is 0.950 bits per heavy atom. The summed E-state index contributed by atoms with van der Waals surface area (Å²) in [6, 6.07) is 13.8. The Kier molecular flexibility index (Phi) is 6.77. The van der Waals surface area contributed by atoms with E-state index in [1.165, 1.54) is 0 Å². The third-order valence-corrected chi connectivity index (χ3v) is 6.91. The molecule has 1 aliphatic heterocycles. The molecule has 1 aromatic carbocycles. The van der Waals surface area contributed by atoms with Gasteiger partial charge in [-0.3, -0.25) is 25.0 Å². The molecule has 0 amide bonds. The molecule has 40 heavy (non-hydrogen) atoms. The number of pyridine rings is 3. The average molecular weight is 539 g/mol. The first-order valence-corrected chi connectivity index (χ1v) is 13.3. The summed E-state index contributed by atoms with van der Waals surface area (Å²) in [5.41, 5.74) is 7.52. The lowest BCUT2D eigenvalue weighted by molar-refractivity contribution is 0.0115. The molecule has 0 bridgehead atoms. The van der Waals surface area contributed by atoms with Gasteiger partial charge >= 0.3 is 0 Å². The Labute approximate surface area is 229 Å². The van der Waals surface area contributed by atoms with E-state index in [9.17, 15) is 8.78 Å². The molecule has 0 radical (unpaired) electrons. The maximum absolute atomic E-state index is 13.6. The minimum Gasteiger partial charge on any atom is -0.335 e. The van der Waals surface area contributed by atoms with E-state index in [2.05, 4.69) is 30.1 Å². The predicted molar refractivity (Wildman–Crippen MR) is 152 cm³/mol. The predicted octanol–water partition coefficient (Wildman–Crippen LogP) is 6.49. The van der Waals surface area contributed by atoms with Crippen LogP contribution in [-0.4, -0.2) is 59.0 Å². The highest BCUT2D eigenvalue weighted by Crippen LogP contribution is 2.33. The lowest BCUT2D eigenvalue weighted by atomic mass is 10.0. The molecule has 6 aromatic rings. The fourth-order valence-corrected chi connectivity index (χ4v) is 5.06. The van der Waals surface area contributed by atoms with Crippen LogP contribution in [0.1, 0.15) is 25.8 Å². The largest absolute Gasteiger partial charge is 0.335 e. The standard InChI is InChI=1S/C28H22F2N8.C2H6/c29-28(30)6-8-38(16-28)15-17-9-19(12-31-11-17)18-4-5-23-20(10-18)26(37-36-23)27-34-24-14-32-13-21(25(24)35-27)22-3-1-2-7-33-22;1-2/h1-5,7,9-14H,6,8,15-16H2,(H,34,35)(H,36,37);1-2H3. The third kappa shape index (κ3) is 4.93. The molecule has 1 saturated heterocycles. The zero-order valence-electron chi connectivity index (χ0n) is 22.2. The van der Waals surface area contributed by atoms with Gasteiger partial charge in [-0.05, 0) is 41.5 Å². The maximum atomic E-state index is 13.6. The second kappa shape index (κ2) is 10.5. The van der Waals surface area contributed by atoms with Gasteiger partial charge in [0.2, 0.25) is 0 Å². The number of likely N-dealkylation sites (tertiary alicyclic amines) is 1. The highest BCUT2D eigenvalue weighted by molar-refractivity contribution is 5.97. The van der Waals surface area contributed by atoms with Gasteiger partial charge in [-0.1, -0.05) is 26.0 Å². The van der Waals surface area contributed by atoms with E-state index in [1.807, 2.05) is 56.3 Å². The minimum absolute atomic E-state index is 0.0960. The van der Waals surface area contributed by atoms with Crippen LogP contribution in [-0.2, 0) is 6.54 Å². The van der Waals surface area contributed by atoms with Crippen LogP contribution in [0.3, 0.4) is 0 Å². The molecule has 2 N–H and O–H groups in total. The highest BCUT2D eigenvalue weighted by Gasteiger charge is 2.37. The van der Waals surface area contributed by atoms with Gasteiger partial charge in [0, 0.05) is 60.8 Å². The number of alkyl halides is 2. The SMILES string of the molecule is CC.FC1(F)CCN(Cc2cncc(-c3ccc4[nH]nc(-c5nc6c(-c7ccccn7)cncc6[nH]5)c4c3)c2)C1. The van der Waals surface area contributed by atoms with Gasteiger partial charge < -0.3 is 4.98 Å². The first-order chi connectivity index (χ1) is 19.5. The molecule has 202 valence electrons. The van der Waals surface area contributed by atoms with E-state index in [1.54, 1.807) is 35.9 Å². The first kappa shape index (κ1) is 25.7. The highest BCUT2D eigenvalue weighted by atomic mass is 19.3. The molecule has 0 atom stereocenters. The van der Waals surface area contributed by atoms with Gasteiger partial charge in [0.05, 0.1) is 29.5 Å². The van der Waals surface area contributed by atoms with Gasteiger partial charge in [-0.2, -0.15) is 5.10 Å². The van der Waals surface area contributed by atoms with Gasteiger partial charge in [-0.25, -0.2) is 13.8 Å². The van der Waals surface area contributed by atoms with Gasteiger partial charge in [0.15, 0.2) is 5.82 Å². The minimum atomic E-state index is -2.61. The van der Waals surface area contributed by atoms with Crippen LogP contribution in [0.5, 0.6) is 0 Å². The number of hydrogen-bond acceptors (Lipinski definition) is 6. The molecule has 1 aliphatic rings. The van der Waals surface area contributed by atoms with Crippen LogP contribution in [0.4, 0.5) is 8.78 Å². The van der Waals surface area contributed by atoms with E-state index in [4.69, 9.17) is 4.98 Å². The third-order valence-electron chi connectivity index (χ3n) is 6.91. The van der Waals surface area contributed by atoms with Crippen molar-refractivity contribution >= 4 is 21.9 Å². The van der Waals surface area contributed by atoms with Crippen LogP contribution >= 0.6 is 0 Å². The van der Waals surface area contributed by atoms with Crippen LogP contribution in [0.25, 0.3) is 55.8 Å². The van der Waals surface area contributed by atoms with Crippen LogP contribution in [0, 0.1) is 0 Å². The van der Waals surface area contributed by atoms with Crippen molar-refractivity contribution in [2.24, 2.45) is 0 Å². The monoisotopic (exact) mass is 538 g/mol. The van der Waals surface area contributed by atoms with Crippen molar-refractivity contribution in [1.82, 2.24) is 40.0 Å². The number of rotatable bonds is 5. The number of H-pyrrole nitrogens is 2. The fourth-order valence-electron chi connectivity index (χ4n) is 5.06. The van der Waals surface area contributed by atoms with Crippen molar-refractivity contribution in [2.75, 3.05) is 13.1 Å². The van der Waals surface area contributed by atoms with Crippen molar-refractivity contribution in [1.29, 1.82) is 0 Å². The molecule has 0 aliphatic carbocycles. The number of fused-ring (bicyclic) bond motifs is 2. The zero-order chi connectivity index (χ0) is 27.7. The topological polar surface area (TPSA) is 99.3 Å². The van der Waals surface area contributed by atoms with E-state index < -0.39 is 5.92 Å². The number of halogens is 2. The maximum Gasteiger partial charge on any atom is 0.261 e. The van der Waals surface area contributed by atoms with E-state index in [-0.39, 0.29) is 13.0 Å². The summed E-state index contributed by atoms with van der Waals surface area (Å²) in [5, 5.41) is 8.54. The van der Waals surface area contributed by atoms with E-state index in [0.29, 0.717) is 24.6 Å². The molecule has 6 heterocycles. The molecular weight excluding hydrogens is 510 g/mol. The molecule has 10 heteroatoms. The number of aromatic nitrogens is 7. The quantitative estimate of drug-likeness (QED) is 0.260. The average Bonchev–Trinajstić information content (AvgIpc) is 3.70. The number of nitrogens with one attached hydrogen (secondary N) is 2. The molecule has 0 unspecified atom stereocenters. The van der Waals surface area contributed by atoms with Gasteiger partial charge in [0.25, 0.3) is 5.92 Å². The van der Waals surface area contributed by atoms with Crippen LogP contribution in [0.15, 0.2) is 73.4 Å². The normalized spacial score (nSPS) is 14.9. The first-order valence-electron chi connectivity index (χ1n) is 13.3. The Morgan fingerprint density at radius 2 is 1.82 bits per heavy atom. The van der Waals surface area contributed by atoms with Crippen molar-refractivity contribution in [3.05, 3.63) is 79.0 Å². The summed E-state index contributed by atoms with van der Waals surface area (Å²) in [7, 11) is 0. The van der Waals surface area contributed by atoms with Gasteiger partial charge in [0.1, 0.15) is 11.2 Å². The number of imidazole rings is 1. The summed E-state index contributed by atoms with van der Waals surface area (Å²) >= 11 is 0. The summed E-state index contributed by atoms with van der Waals surface area (Å²) in [6.45, 7) is 4.62. The molecular formula is C30H28F2N8. The van der Waals surface area contributed by atoms with Gasteiger partial charge in [-0.15, -0.1) is 0 Å².